The highest BCUT2D eigenvalue weighted by atomic mass is 32.2. The minimum Gasteiger partial charge on any atom is -0.372 e. The summed E-state index contributed by atoms with van der Waals surface area (Å²) in [6, 6.07) is 2.12. The number of nitrogens with zero attached hydrogens (tertiary/aromatic N) is 4. The molecular weight excluding hydrogens is 504 g/mol. The van der Waals surface area contributed by atoms with Crippen molar-refractivity contribution in [3.63, 3.8) is 0 Å². The number of thiocarbonyl (C=S) groups is 1. The number of aromatic nitrogens is 1. The molecule has 0 spiro atoms. The minimum atomic E-state index is -0.282. The maximum Gasteiger partial charge on any atom is 0.270 e. The van der Waals surface area contributed by atoms with E-state index in [4.69, 9.17) is 17.0 Å². The quantitative estimate of drug-likeness (QED) is 0.285. The number of ether oxygens (including phenoxy) is 1. The first-order valence-corrected chi connectivity index (χ1v) is 14.7. The van der Waals surface area contributed by atoms with Gasteiger partial charge in [0.25, 0.3) is 11.5 Å². The average Bonchev–Trinajstić information content (AvgIpc) is 3.11. The zero-order chi connectivity index (χ0) is 27.3. The van der Waals surface area contributed by atoms with E-state index in [-0.39, 0.29) is 29.2 Å². The molecule has 0 bridgehead atoms. The molecule has 1 aromatic rings. The van der Waals surface area contributed by atoms with E-state index in [1.54, 1.807) is 16.4 Å². The van der Waals surface area contributed by atoms with Crippen LogP contribution in [0.4, 0.5) is 5.82 Å². The summed E-state index contributed by atoms with van der Waals surface area (Å²) in [5.74, 6) is 1.07. The molecule has 2 fully saturated rings. The van der Waals surface area contributed by atoms with Crippen molar-refractivity contribution >= 4 is 46.1 Å². The first-order valence-electron chi connectivity index (χ1n) is 13.5. The molecule has 0 N–H and O–H groups in total. The van der Waals surface area contributed by atoms with Crippen molar-refractivity contribution in [1.82, 2.24) is 9.47 Å². The lowest BCUT2D eigenvalue weighted by Gasteiger charge is -2.39. The van der Waals surface area contributed by atoms with Gasteiger partial charge in [-0.15, -0.1) is 0 Å². The van der Waals surface area contributed by atoms with Gasteiger partial charge in [-0.05, 0) is 51.2 Å². The number of hydrogen-bond acceptors (Lipinski definition) is 7. The molecule has 0 radical (unpaired) electrons. The van der Waals surface area contributed by atoms with Crippen LogP contribution in [0, 0.1) is 24.2 Å². The van der Waals surface area contributed by atoms with Crippen LogP contribution in [-0.4, -0.2) is 51.5 Å². The largest absolute Gasteiger partial charge is 0.372 e. The van der Waals surface area contributed by atoms with Gasteiger partial charge >= 0.3 is 0 Å². The van der Waals surface area contributed by atoms with Crippen molar-refractivity contribution in [3.8, 4) is 6.07 Å². The molecular formula is C28H40N4O3S2. The van der Waals surface area contributed by atoms with Gasteiger partial charge in [-0.1, -0.05) is 64.0 Å². The fraction of sp³-hybridized carbons (Fsp3) is 0.643. The van der Waals surface area contributed by atoms with Crippen LogP contribution in [-0.2, 0) is 16.1 Å². The second-order valence-electron chi connectivity index (χ2n) is 10.2. The maximum absolute atomic E-state index is 13.6. The Morgan fingerprint density at radius 1 is 1.19 bits per heavy atom. The van der Waals surface area contributed by atoms with Gasteiger partial charge in [0.15, 0.2) is 0 Å². The molecule has 3 heterocycles. The Morgan fingerprint density at radius 3 is 2.43 bits per heavy atom. The minimum absolute atomic E-state index is 0.00923. The molecule has 3 unspecified atom stereocenters. The van der Waals surface area contributed by atoms with Crippen molar-refractivity contribution in [1.29, 1.82) is 5.26 Å². The number of carbonyl (C=O) groups excluding carboxylic acids is 1. The molecule has 0 aromatic carbocycles. The maximum atomic E-state index is 13.6. The van der Waals surface area contributed by atoms with Crippen LogP contribution in [0.5, 0.6) is 0 Å². The number of hydrogen-bond donors (Lipinski definition) is 0. The molecule has 0 aliphatic carbocycles. The average molecular weight is 545 g/mol. The van der Waals surface area contributed by atoms with Gasteiger partial charge in [0.1, 0.15) is 21.8 Å². The summed E-state index contributed by atoms with van der Waals surface area (Å²) in [4.78, 5) is 31.4. The lowest BCUT2D eigenvalue weighted by molar-refractivity contribution is -0.122. The SMILES string of the molecule is CCCCC(CC)CN1C(=O)/C(=C/c2c(C)c(C#N)c(=O)n(CCC)c2N2CC(C)OC(C)C2)SC1=S. The van der Waals surface area contributed by atoms with Crippen LogP contribution in [0.15, 0.2) is 9.70 Å². The highest BCUT2D eigenvalue weighted by Gasteiger charge is 2.35. The van der Waals surface area contributed by atoms with E-state index in [0.29, 0.717) is 46.9 Å². The predicted molar refractivity (Wildman–Crippen MR) is 156 cm³/mol. The Kier molecular flexibility index (Phi) is 10.4. The Hall–Kier alpha value is -2.15. The van der Waals surface area contributed by atoms with Crippen LogP contribution >= 0.6 is 24.0 Å². The summed E-state index contributed by atoms with van der Waals surface area (Å²) >= 11 is 6.95. The highest BCUT2D eigenvalue weighted by molar-refractivity contribution is 8.26. The molecule has 1 aromatic heterocycles. The molecule has 202 valence electrons. The smallest absolute Gasteiger partial charge is 0.270 e. The summed E-state index contributed by atoms with van der Waals surface area (Å²) in [7, 11) is 0. The lowest BCUT2D eigenvalue weighted by atomic mass is 9.99. The third-order valence-corrected chi connectivity index (χ3v) is 8.52. The van der Waals surface area contributed by atoms with Gasteiger partial charge in [0.05, 0.1) is 17.1 Å². The zero-order valence-electron chi connectivity index (χ0n) is 23.0. The summed E-state index contributed by atoms with van der Waals surface area (Å²) in [6.07, 6.45) is 6.92. The Morgan fingerprint density at radius 2 is 1.86 bits per heavy atom. The van der Waals surface area contributed by atoms with Crippen molar-refractivity contribution in [2.45, 2.75) is 92.4 Å². The molecule has 9 heteroatoms. The predicted octanol–water partition coefficient (Wildman–Crippen LogP) is 5.47. The van der Waals surface area contributed by atoms with E-state index in [9.17, 15) is 14.9 Å². The number of rotatable bonds is 10. The normalized spacial score (nSPS) is 22.1. The second-order valence-corrected chi connectivity index (χ2v) is 11.9. The van der Waals surface area contributed by atoms with E-state index in [0.717, 1.165) is 43.5 Å². The Bertz CT molecular complexity index is 1140. The van der Waals surface area contributed by atoms with Gasteiger partial charge in [-0.2, -0.15) is 5.26 Å². The number of unbranched alkanes of at least 4 members (excludes halogenated alkanes) is 1. The molecule has 37 heavy (non-hydrogen) atoms. The van der Waals surface area contributed by atoms with Crippen molar-refractivity contribution in [2.24, 2.45) is 5.92 Å². The van der Waals surface area contributed by atoms with Crippen molar-refractivity contribution in [3.05, 3.63) is 31.9 Å². The first-order chi connectivity index (χ1) is 17.7. The molecule has 2 aliphatic heterocycles. The van der Waals surface area contributed by atoms with Gasteiger partial charge < -0.3 is 9.64 Å². The summed E-state index contributed by atoms with van der Waals surface area (Å²) in [5, 5.41) is 9.88. The van der Waals surface area contributed by atoms with E-state index < -0.39 is 0 Å². The number of nitriles is 1. The van der Waals surface area contributed by atoms with Crippen molar-refractivity contribution < 1.29 is 9.53 Å². The van der Waals surface area contributed by atoms with Crippen LogP contribution in [0.1, 0.15) is 83.4 Å². The van der Waals surface area contributed by atoms with Crippen LogP contribution in [0.25, 0.3) is 6.08 Å². The second kappa shape index (κ2) is 13.1. The lowest BCUT2D eigenvalue weighted by Crippen LogP contribution is -2.48. The van der Waals surface area contributed by atoms with Crippen LogP contribution < -0.4 is 10.5 Å². The number of carbonyl (C=O) groups is 1. The Balaban J connectivity index is 2.12. The molecule has 2 aliphatic rings. The van der Waals surface area contributed by atoms with Crippen LogP contribution in [0.3, 0.4) is 0 Å². The number of pyridine rings is 1. The highest BCUT2D eigenvalue weighted by Crippen LogP contribution is 2.37. The molecule has 7 nitrogen and oxygen atoms in total. The van der Waals surface area contributed by atoms with Gasteiger partial charge in [0, 0.05) is 31.7 Å². The van der Waals surface area contributed by atoms with Gasteiger partial charge in [-0.25, -0.2) is 0 Å². The number of amides is 1. The monoisotopic (exact) mass is 544 g/mol. The first kappa shape index (κ1) is 29.4. The number of anilines is 1. The van der Waals surface area contributed by atoms with E-state index in [1.165, 1.54) is 11.8 Å². The standard InChI is InChI=1S/C28H40N4O3S2/c1-7-10-11-21(9-3)17-32-27(34)24(37-28(32)36)13-22-20(6)23(14-29)26(33)31(12-8-2)25(22)30-15-18(4)35-19(5)16-30/h13,18-19,21H,7-12,15-17H2,1-6H3/b24-13-. The molecule has 0 saturated carbocycles. The molecule has 1 amide bonds. The fourth-order valence-corrected chi connectivity index (χ4v) is 6.49. The summed E-state index contributed by atoms with van der Waals surface area (Å²) < 4.78 is 8.24. The third kappa shape index (κ3) is 6.47. The molecule has 3 atom stereocenters. The fourth-order valence-electron chi connectivity index (χ4n) is 5.23. The van der Waals surface area contributed by atoms with E-state index >= 15 is 0 Å². The van der Waals surface area contributed by atoms with Crippen molar-refractivity contribution in [2.75, 3.05) is 24.5 Å². The molecule has 3 rings (SSSR count). The zero-order valence-corrected chi connectivity index (χ0v) is 24.6. The third-order valence-electron chi connectivity index (χ3n) is 7.15. The van der Waals surface area contributed by atoms with E-state index in [2.05, 4.69) is 24.8 Å². The number of morpholine rings is 1. The summed E-state index contributed by atoms with van der Waals surface area (Å²) in [6.45, 7) is 14.6. The van der Waals surface area contributed by atoms with E-state index in [1.807, 2.05) is 26.8 Å². The van der Waals surface area contributed by atoms with Gasteiger partial charge in [-0.3, -0.25) is 19.1 Å². The number of thioether (sulfide) groups is 1. The van der Waals surface area contributed by atoms with Gasteiger partial charge in [0.2, 0.25) is 0 Å². The molecule has 2 saturated heterocycles. The topological polar surface area (TPSA) is 78.6 Å². The summed E-state index contributed by atoms with van der Waals surface area (Å²) in [5.41, 5.74) is 1.18. The Labute approximate surface area is 230 Å². The van der Waals surface area contributed by atoms with Crippen LogP contribution in [0.2, 0.25) is 0 Å².